The number of furan rings is 1. The van der Waals surface area contributed by atoms with E-state index in [1.54, 1.807) is 13.3 Å². The molecule has 1 aliphatic rings. The van der Waals surface area contributed by atoms with Crippen LogP contribution in [0.3, 0.4) is 0 Å². The molecular formula is C27H30N4O4. The Morgan fingerprint density at radius 1 is 1.20 bits per heavy atom. The minimum atomic E-state index is 0.141. The smallest absolute Gasteiger partial charge is 0.187 e. The molecule has 0 spiro atoms. The summed E-state index contributed by atoms with van der Waals surface area (Å²) in [5.74, 6) is 2.82. The summed E-state index contributed by atoms with van der Waals surface area (Å²) in [6, 6.07) is 14.7. The highest BCUT2D eigenvalue weighted by Crippen LogP contribution is 2.37. The summed E-state index contributed by atoms with van der Waals surface area (Å²) < 4.78 is 23.0. The van der Waals surface area contributed by atoms with Gasteiger partial charge in [-0.25, -0.2) is 4.98 Å². The van der Waals surface area contributed by atoms with E-state index in [0.717, 1.165) is 36.2 Å². The van der Waals surface area contributed by atoms with Gasteiger partial charge in [-0.1, -0.05) is 17.7 Å². The highest BCUT2D eigenvalue weighted by molar-refractivity contribution is 5.89. The summed E-state index contributed by atoms with van der Waals surface area (Å²) in [6.45, 7) is 3.71. The minimum Gasteiger partial charge on any atom is -0.496 e. The van der Waals surface area contributed by atoms with Crippen LogP contribution in [0.15, 0.2) is 53.1 Å². The van der Waals surface area contributed by atoms with Gasteiger partial charge in [0.15, 0.2) is 11.7 Å². The molecule has 182 valence electrons. The van der Waals surface area contributed by atoms with Gasteiger partial charge in [-0.15, -0.1) is 0 Å². The molecule has 4 aromatic rings. The Hall–Kier alpha value is -3.94. The van der Waals surface area contributed by atoms with Crippen LogP contribution in [0.4, 0.5) is 5.69 Å². The Balaban J connectivity index is 1.38. The molecule has 0 radical (unpaired) electrons. The Labute approximate surface area is 204 Å². The molecule has 0 aliphatic carbocycles. The number of imidazole rings is 1. The van der Waals surface area contributed by atoms with Gasteiger partial charge in [0.1, 0.15) is 35.2 Å². The number of benzene rings is 2. The van der Waals surface area contributed by atoms with Crippen LogP contribution in [0.5, 0.6) is 11.5 Å². The van der Waals surface area contributed by atoms with Crippen molar-refractivity contribution >= 4 is 22.6 Å². The van der Waals surface area contributed by atoms with Crippen LogP contribution in [-0.4, -0.2) is 49.3 Å². The second-order valence-corrected chi connectivity index (χ2v) is 8.83. The van der Waals surface area contributed by atoms with Crippen LogP contribution < -0.4 is 14.4 Å². The Morgan fingerprint density at radius 2 is 2.03 bits per heavy atom. The molecule has 35 heavy (non-hydrogen) atoms. The third-order valence-corrected chi connectivity index (χ3v) is 6.45. The molecule has 2 N–H and O–H groups in total. The van der Waals surface area contributed by atoms with Crippen molar-refractivity contribution in [1.82, 2.24) is 9.97 Å². The SMILES string of the molecule is COC(=N)Cc1ncc(-c2cc3c(OC[C@@H]4CCCN4c4ccc(C)cc4)cc(OC)cc3o2)[nH]1. The molecule has 0 amide bonds. The second-order valence-electron chi connectivity index (χ2n) is 8.83. The zero-order valence-electron chi connectivity index (χ0n) is 20.3. The van der Waals surface area contributed by atoms with Crippen LogP contribution in [0.25, 0.3) is 22.4 Å². The average Bonchev–Trinajstić information content (AvgIpc) is 3.62. The summed E-state index contributed by atoms with van der Waals surface area (Å²) in [4.78, 5) is 9.98. The molecule has 2 aromatic carbocycles. The number of nitrogens with one attached hydrogen (secondary N) is 2. The van der Waals surface area contributed by atoms with Crippen LogP contribution >= 0.6 is 0 Å². The summed E-state index contributed by atoms with van der Waals surface area (Å²) in [5, 5.41) is 8.58. The molecule has 1 fully saturated rings. The van der Waals surface area contributed by atoms with Crippen molar-refractivity contribution in [2.24, 2.45) is 0 Å². The first kappa shape index (κ1) is 22.8. The number of ether oxygens (including phenoxy) is 3. The number of hydrogen-bond acceptors (Lipinski definition) is 7. The molecule has 1 saturated heterocycles. The fraction of sp³-hybridized carbons (Fsp3) is 0.333. The lowest BCUT2D eigenvalue weighted by Gasteiger charge is -2.27. The summed E-state index contributed by atoms with van der Waals surface area (Å²) in [6.07, 6.45) is 4.22. The van der Waals surface area contributed by atoms with Crippen molar-refractivity contribution in [3.05, 3.63) is 60.0 Å². The molecular weight excluding hydrogens is 444 g/mol. The summed E-state index contributed by atoms with van der Waals surface area (Å²) >= 11 is 0. The normalized spacial score (nSPS) is 15.5. The minimum absolute atomic E-state index is 0.141. The highest BCUT2D eigenvalue weighted by Gasteiger charge is 2.26. The van der Waals surface area contributed by atoms with Crippen molar-refractivity contribution in [3.8, 4) is 23.0 Å². The first-order valence-electron chi connectivity index (χ1n) is 11.8. The van der Waals surface area contributed by atoms with Crippen molar-refractivity contribution in [1.29, 1.82) is 5.41 Å². The fourth-order valence-corrected chi connectivity index (χ4v) is 4.53. The maximum atomic E-state index is 7.71. The van der Waals surface area contributed by atoms with E-state index in [-0.39, 0.29) is 12.3 Å². The lowest BCUT2D eigenvalue weighted by Crippen LogP contribution is -2.34. The monoisotopic (exact) mass is 474 g/mol. The number of H-pyrrole nitrogens is 1. The third kappa shape index (κ3) is 4.82. The van der Waals surface area contributed by atoms with Gasteiger partial charge in [0.05, 0.1) is 38.3 Å². The van der Waals surface area contributed by atoms with Crippen LogP contribution in [0, 0.1) is 12.3 Å². The number of rotatable bonds is 8. The Morgan fingerprint density at radius 3 is 2.80 bits per heavy atom. The molecule has 2 aromatic heterocycles. The second kappa shape index (κ2) is 9.74. The predicted octanol–water partition coefficient (Wildman–Crippen LogP) is 5.35. The van der Waals surface area contributed by atoms with Gasteiger partial charge in [-0.2, -0.15) is 0 Å². The topological polar surface area (TPSA) is 96.6 Å². The van der Waals surface area contributed by atoms with Gasteiger partial charge in [-0.05, 0) is 38.0 Å². The van der Waals surface area contributed by atoms with E-state index in [1.807, 2.05) is 18.2 Å². The lowest BCUT2D eigenvalue weighted by molar-refractivity contribution is 0.290. The largest absolute Gasteiger partial charge is 0.496 e. The van der Waals surface area contributed by atoms with Gasteiger partial charge in [0.2, 0.25) is 0 Å². The van der Waals surface area contributed by atoms with E-state index >= 15 is 0 Å². The zero-order valence-corrected chi connectivity index (χ0v) is 20.3. The highest BCUT2D eigenvalue weighted by atomic mass is 16.5. The fourth-order valence-electron chi connectivity index (χ4n) is 4.53. The number of anilines is 1. The molecule has 5 rings (SSSR count). The quantitative estimate of drug-likeness (QED) is 0.264. The molecule has 0 bridgehead atoms. The van der Waals surface area contributed by atoms with E-state index in [9.17, 15) is 0 Å². The number of aromatic amines is 1. The zero-order chi connectivity index (χ0) is 24.4. The molecule has 0 unspecified atom stereocenters. The number of methoxy groups -OCH3 is 2. The molecule has 1 aliphatic heterocycles. The number of hydrogen-bond donors (Lipinski definition) is 2. The molecule has 8 nitrogen and oxygen atoms in total. The van der Waals surface area contributed by atoms with Crippen molar-refractivity contribution in [3.63, 3.8) is 0 Å². The van der Waals surface area contributed by atoms with Gasteiger partial charge < -0.3 is 28.5 Å². The van der Waals surface area contributed by atoms with E-state index < -0.39 is 0 Å². The van der Waals surface area contributed by atoms with Gasteiger partial charge in [-0.3, -0.25) is 5.41 Å². The van der Waals surface area contributed by atoms with Gasteiger partial charge in [0, 0.05) is 24.4 Å². The first-order valence-corrected chi connectivity index (χ1v) is 11.8. The van der Waals surface area contributed by atoms with Gasteiger partial charge in [0.25, 0.3) is 0 Å². The van der Waals surface area contributed by atoms with Crippen LogP contribution in [-0.2, 0) is 11.2 Å². The summed E-state index contributed by atoms with van der Waals surface area (Å²) in [7, 11) is 3.11. The number of aromatic nitrogens is 2. The standard InChI is InChI=1S/C27H30N4O4/c1-17-6-8-18(9-7-17)31-10-4-5-19(31)16-34-23-11-20(32-2)12-24-21(23)13-25(35-24)22-15-29-27(30-22)14-26(28)33-3/h6-9,11-13,15,19,28H,4-5,10,14,16H2,1-3H3,(H,29,30)/t19-/m0/s1. The number of nitrogens with zero attached hydrogens (tertiary/aromatic N) is 2. The van der Waals surface area contributed by atoms with Crippen molar-refractivity contribution < 1.29 is 18.6 Å². The maximum Gasteiger partial charge on any atom is 0.187 e. The van der Waals surface area contributed by atoms with E-state index in [1.165, 1.54) is 18.4 Å². The van der Waals surface area contributed by atoms with Crippen LogP contribution in [0.1, 0.15) is 24.2 Å². The van der Waals surface area contributed by atoms with E-state index in [2.05, 4.69) is 46.1 Å². The lowest BCUT2D eigenvalue weighted by atomic mass is 10.2. The molecule has 8 heteroatoms. The Kier molecular flexibility index (Phi) is 6.35. The number of fused-ring (bicyclic) bond motifs is 1. The predicted molar refractivity (Wildman–Crippen MR) is 136 cm³/mol. The molecule has 3 heterocycles. The van der Waals surface area contributed by atoms with Crippen molar-refractivity contribution in [2.75, 3.05) is 32.3 Å². The number of aryl methyl sites for hydroxylation is 1. The molecule has 1 atom stereocenters. The summed E-state index contributed by atoms with van der Waals surface area (Å²) in [5.41, 5.74) is 3.90. The first-order chi connectivity index (χ1) is 17.0. The third-order valence-electron chi connectivity index (χ3n) is 6.45. The van der Waals surface area contributed by atoms with E-state index in [0.29, 0.717) is 35.6 Å². The Bertz CT molecular complexity index is 1320. The van der Waals surface area contributed by atoms with Crippen LogP contribution in [0.2, 0.25) is 0 Å². The van der Waals surface area contributed by atoms with Crippen molar-refractivity contribution in [2.45, 2.75) is 32.2 Å². The van der Waals surface area contributed by atoms with Gasteiger partial charge >= 0.3 is 0 Å². The maximum absolute atomic E-state index is 7.71. The van der Waals surface area contributed by atoms with E-state index in [4.69, 9.17) is 24.0 Å². The average molecular weight is 475 g/mol. The molecule has 0 saturated carbocycles.